The second kappa shape index (κ2) is 10.1. The first-order valence-corrected chi connectivity index (χ1v) is 10.1. The molecule has 0 radical (unpaired) electrons. The molecule has 28 heavy (non-hydrogen) atoms. The molecule has 0 aromatic heterocycles. The van der Waals surface area contributed by atoms with Gasteiger partial charge in [-0.05, 0) is 41.7 Å². The van der Waals surface area contributed by atoms with Crippen molar-refractivity contribution in [2.45, 2.75) is 32.4 Å². The molecule has 148 valence electrons. The van der Waals surface area contributed by atoms with Gasteiger partial charge in [-0.1, -0.05) is 48.0 Å². The number of fused-ring (bicyclic) bond motifs is 1. The highest BCUT2D eigenvalue weighted by molar-refractivity contribution is 6.30. The molecular weight excluding hydrogens is 372 g/mol. The molecule has 0 fully saturated rings. The molecule has 2 aromatic rings. The zero-order chi connectivity index (χ0) is 19.8. The number of benzene rings is 2. The second-order valence-corrected chi connectivity index (χ2v) is 7.36. The van der Waals surface area contributed by atoms with Crippen molar-refractivity contribution in [1.82, 2.24) is 15.5 Å². The fourth-order valence-electron chi connectivity index (χ4n) is 3.31. The van der Waals surface area contributed by atoms with E-state index >= 15 is 0 Å². The monoisotopic (exact) mass is 398 g/mol. The highest BCUT2D eigenvalue weighted by atomic mass is 35.5. The lowest BCUT2D eigenvalue weighted by molar-refractivity contribution is -0.131. The molecule has 1 aliphatic rings. The Hall–Kier alpha value is -2.53. The first-order chi connectivity index (χ1) is 13.7. The van der Waals surface area contributed by atoms with Gasteiger partial charge in [-0.2, -0.15) is 0 Å². The number of hydrogen-bond donors (Lipinski definition) is 2. The number of amides is 1. The molecular formula is C22H27ClN4O. The molecule has 0 unspecified atom stereocenters. The second-order valence-electron chi connectivity index (χ2n) is 6.92. The Bertz CT molecular complexity index is 795. The molecule has 0 saturated carbocycles. The lowest BCUT2D eigenvalue weighted by Gasteiger charge is -2.16. The van der Waals surface area contributed by atoms with Gasteiger partial charge < -0.3 is 15.5 Å². The van der Waals surface area contributed by atoms with Gasteiger partial charge in [0.25, 0.3) is 0 Å². The topological polar surface area (TPSA) is 56.7 Å². The van der Waals surface area contributed by atoms with Crippen molar-refractivity contribution in [2.75, 3.05) is 20.1 Å². The summed E-state index contributed by atoms with van der Waals surface area (Å²) in [4.78, 5) is 18.6. The third kappa shape index (κ3) is 5.73. The summed E-state index contributed by atoms with van der Waals surface area (Å²) < 4.78 is 0. The average molecular weight is 399 g/mol. The van der Waals surface area contributed by atoms with Crippen LogP contribution in [0, 0.1) is 0 Å². The highest BCUT2D eigenvalue weighted by Gasteiger charge is 2.22. The lowest BCUT2D eigenvalue weighted by Crippen LogP contribution is -2.39. The van der Waals surface area contributed by atoms with Crippen molar-refractivity contribution < 1.29 is 4.79 Å². The molecule has 2 N–H and O–H groups in total. The van der Waals surface area contributed by atoms with Crippen LogP contribution in [0.1, 0.15) is 29.5 Å². The minimum atomic E-state index is 0.212. The van der Waals surface area contributed by atoms with Crippen molar-refractivity contribution in [2.24, 2.45) is 4.99 Å². The molecule has 0 bridgehead atoms. The normalized spacial score (nSPS) is 13.4. The van der Waals surface area contributed by atoms with Crippen molar-refractivity contribution in [3.8, 4) is 0 Å². The predicted molar refractivity (Wildman–Crippen MR) is 114 cm³/mol. The van der Waals surface area contributed by atoms with Crippen LogP contribution < -0.4 is 10.6 Å². The molecule has 0 aliphatic carbocycles. The van der Waals surface area contributed by atoms with Gasteiger partial charge >= 0.3 is 0 Å². The maximum absolute atomic E-state index is 12.4. The Labute approximate surface area is 171 Å². The van der Waals surface area contributed by atoms with Crippen LogP contribution in [-0.2, 0) is 24.3 Å². The molecule has 1 heterocycles. The summed E-state index contributed by atoms with van der Waals surface area (Å²) in [6.45, 7) is 2.96. The number of carbonyl (C=O) groups is 1. The van der Waals surface area contributed by atoms with Gasteiger partial charge in [-0.15, -0.1) is 0 Å². The third-order valence-corrected chi connectivity index (χ3v) is 5.15. The Morgan fingerprint density at radius 3 is 2.32 bits per heavy atom. The Kier molecular flexibility index (Phi) is 7.31. The number of carbonyl (C=O) groups excluding carboxylic acids is 1. The lowest BCUT2D eigenvalue weighted by atomic mass is 10.1. The van der Waals surface area contributed by atoms with Crippen LogP contribution >= 0.6 is 11.6 Å². The fraction of sp³-hybridized carbons (Fsp3) is 0.364. The van der Waals surface area contributed by atoms with Gasteiger partial charge in [-0.3, -0.25) is 9.79 Å². The summed E-state index contributed by atoms with van der Waals surface area (Å²) in [6.07, 6.45) is 2.22. The van der Waals surface area contributed by atoms with E-state index in [4.69, 9.17) is 11.6 Å². The molecule has 1 amide bonds. The number of rotatable bonds is 7. The van der Waals surface area contributed by atoms with Gasteiger partial charge in [-0.25, -0.2) is 0 Å². The molecule has 1 aliphatic heterocycles. The number of halogens is 1. The number of nitrogens with one attached hydrogen (secondary N) is 2. The average Bonchev–Trinajstić information content (AvgIpc) is 3.15. The third-order valence-electron chi connectivity index (χ3n) is 4.90. The number of guanidine groups is 1. The van der Waals surface area contributed by atoms with E-state index in [2.05, 4.69) is 27.8 Å². The SMILES string of the molecule is CN=C(NCCCC(=O)N1Cc2ccccc2C1)NCCc1ccc(Cl)cc1. The van der Waals surface area contributed by atoms with Crippen molar-refractivity contribution >= 4 is 23.5 Å². The van der Waals surface area contributed by atoms with E-state index in [9.17, 15) is 4.79 Å². The molecule has 0 spiro atoms. The standard InChI is InChI=1S/C22H27ClN4O/c1-24-22(26-14-12-17-8-10-20(23)11-9-17)25-13-4-7-21(28)27-15-18-5-2-3-6-19(18)16-27/h2-3,5-6,8-11H,4,7,12-16H2,1H3,(H2,24,25,26). The van der Waals surface area contributed by atoms with Crippen LogP contribution in [0.3, 0.4) is 0 Å². The van der Waals surface area contributed by atoms with Gasteiger partial charge in [0.05, 0.1) is 0 Å². The van der Waals surface area contributed by atoms with Crippen molar-refractivity contribution in [1.29, 1.82) is 0 Å². The Balaban J connectivity index is 1.31. The van der Waals surface area contributed by atoms with Crippen molar-refractivity contribution in [3.63, 3.8) is 0 Å². The van der Waals surface area contributed by atoms with E-state index in [1.54, 1.807) is 7.05 Å². The number of aliphatic imine (C=N–C) groups is 1. The summed E-state index contributed by atoms with van der Waals surface area (Å²) in [5, 5.41) is 7.32. The van der Waals surface area contributed by atoms with Gasteiger partial charge in [0, 0.05) is 44.7 Å². The van der Waals surface area contributed by atoms with E-state index in [0.717, 1.165) is 43.5 Å². The number of nitrogens with zero attached hydrogens (tertiary/aromatic N) is 2. The molecule has 3 rings (SSSR count). The molecule has 5 nitrogen and oxygen atoms in total. The van der Waals surface area contributed by atoms with Gasteiger partial charge in [0.15, 0.2) is 5.96 Å². The minimum Gasteiger partial charge on any atom is -0.356 e. The first-order valence-electron chi connectivity index (χ1n) is 9.69. The number of hydrogen-bond acceptors (Lipinski definition) is 2. The quantitative estimate of drug-likeness (QED) is 0.427. The summed E-state index contributed by atoms with van der Waals surface area (Å²) in [7, 11) is 1.75. The van der Waals surface area contributed by atoms with E-state index in [1.165, 1.54) is 16.7 Å². The van der Waals surface area contributed by atoms with Crippen molar-refractivity contribution in [3.05, 3.63) is 70.2 Å². The summed E-state index contributed by atoms with van der Waals surface area (Å²) in [5.41, 5.74) is 3.75. The maximum Gasteiger partial charge on any atom is 0.223 e. The summed E-state index contributed by atoms with van der Waals surface area (Å²) in [6, 6.07) is 16.1. The zero-order valence-corrected chi connectivity index (χ0v) is 17.0. The smallest absolute Gasteiger partial charge is 0.223 e. The van der Waals surface area contributed by atoms with Crippen LogP contribution in [0.25, 0.3) is 0 Å². The molecule has 2 aromatic carbocycles. The first kappa shape index (κ1) is 20.2. The van der Waals surface area contributed by atoms with Crippen LogP contribution in [0.15, 0.2) is 53.5 Å². The van der Waals surface area contributed by atoms with Crippen LogP contribution in [0.2, 0.25) is 5.02 Å². The van der Waals surface area contributed by atoms with Gasteiger partial charge in [0.2, 0.25) is 5.91 Å². The fourth-order valence-corrected chi connectivity index (χ4v) is 3.44. The zero-order valence-electron chi connectivity index (χ0n) is 16.2. The molecule has 0 atom stereocenters. The summed E-state index contributed by atoms with van der Waals surface area (Å²) >= 11 is 5.91. The highest BCUT2D eigenvalue weighted by Crippen LogP contribution is 2.22. The van der Waals surface area contributed by atoms with E-state index in [-0.39, 0.29) is 5.91 Å². The van der Waals surface area contributed by atoms with E-state index < -0.39 is 0 Å². The predicted octanol–water partition coefficient (Wildman–Crippen LogP) is 3.37. The van der Waals surface area contributed by atoms with Gasteiger partial charge in [0.1, 0.15) is 0 Å². The van der Waals surface area contributed by atoms with Crippen LogP contribution in [0.4, 0.5) is 0 Å². The Morgan fingerprint density at radius 1 is 1.04 bits per heavy atom. The minimum absolute atomic E-state index is 0.212. The van der Waals surface area contributed by atoms with Crippen LogP contribution in [-0.4, -0.2) is 36.9 Å². The largest absolute Gasteiger partial charge is 0.356 e. The molecule has 0 saturated heterocycles. The summed E-state index contributed by atoms with van der Waals surface area (Å²) in [5.74, 6) is 0.971. The molecule has 6 heteroatoms. The maximum atomic E-state index is 12.4. The van der Waals surface area contributed by atoms with E-state index in [0.29, 0.717) is 13.0 Å². The Morgan fingerprint density at radius 2 is 1.68 bits per heavy atom. The van der Waals surface area contributed by atoms with Crippen LogP contribution in [0.5, 0.6) is 0 Å². The van der Waals surface area contributed by atoms with E-state index in [1.807, 2.05) is 41.3 Å².